The van der Waals surface area contributed by atoms with Gasteiger partial charge in [0.25, 0.3) is 0 Å². The summed E-state index contributed by atoms with van der Waals surface area (Å²) in [5, 5.41) is 0. The lowest BCUT2D eigenvalue weighted by Crippen LogP contribution is -2.41. The minimum atomic E-state index is -0.456. The van der Waals surface area contributed by atoms with Crippen molar-refractivity contribution in [1.29, 1.82) is 0 Å². The maximum Gasteiger partial charge on any atom is 0.164 e. The van der Waals surface area contributed by atoms with Gasteiger partial charge in [-0.2, -0.15) is 0 Å². The van der Waals surface area contributed by atoms with Crippen LogP contribution in [0.15, 0.2) is 53.7 Å². The van der Waals surface area contributed by atoms with Crippen molar-refractivity contribution in [3.63, 3.8) is 0 Å². The van der Waals surface area contributed by atoms with E-state index in [-0.39, 0.29) is 0 Å². The molecule has 1 aromatic heterocycles. The smallest absolute Gasteiger partial charge is 0.164 e. The minimum absolute atomic E-state index is 0.456. The van der Waals surface area contributed by atoms with Gasteiger partial charge in [-0.1, -0.05) is 30.3 Å². The standard InChI is InChI=1S/C15H16N4/c1-11-8-9-16-13(10-11)14-17-15(2,19-18-14)12-6-4-3-5-7-12/h3-10,19H,1-2H3,(H,17,18). The molecule has 1 atom stereocenters. The number of pyridine rings is 1. The minimum Gasteiger partial charge on any atom is -0.302 e. The van der Waals surface area contributed by atoms with E-state index in [2.05, 4.69) is 28.0 Å². The van der Waals surface area contributed by atoms with Gasteiger partial charge >= 0.3 is 0 Å². The number of nitrogens with one attached hydrogen (secondary N) is 2. The van der Waals surface area contributed by atoms with E-state index in [1.165, 1.54) is 5.56 Å². The Hall–Kier alpha value is -2.20. The van der Waals surface area contributed by atoms with Crippen molar-refractivity contribution in [2.75, 3.05) is 0 Å². The lowest BCUT2D eigenvalue weighted by molar-refractivity contribution is 0.398. The summed E-state index contributed by atoms with van der Waals surface area (Å²) >= 11 is 0. The third-order valence-corrected chi connectivity index (χ3v) is 3.25. The van der Waals surface area contributed by atoms with Crippen LogP contribution in [0.25, 0.3) is 0 Å². The van der Waals surface area contributed by atoms with Gasteiger partial charge in [-0.15, -0.1) is 0 Å². The lowest BCUT2D eigenvalue weighted by Gasteiger charge is -2.20. The molecule has 1 unspecified atom stereocenters. The average Bonchev–Trinajstić information content (AvgIpc) is 2.84. The highest BCUT2D eigenvalue weighted by molar-refractivity contribution is 5.98. The van der Waals surface area contributed by atoms with Crippen molar-refractivity contribution in [1.82, 2.24) is 15.8 Å². The Morgan fingerprint density at radius 2 is 1.89 bits per heavy atom. The molecular weight excluding hydrogens is 236 g/mol. The Bertz CT molecular complexity index is 621. The molecule has 19 heavy (non-hydrogen) atoms. The summed E-state index contributed by atoms with van der Waals surface area (Å²) in [5.74, 6) is 0.773. The molecule has 1 aromatic carbocycles. The fourth-order valence-electron chi connectivity index (χ4n) is 2.15. The van der Waals surface area contributed by atoms with E-state index in [0.717, 1.165) is 17.1 Å². The normalized spacial score (nSPS) is 21.9. The molecule has 0 saturated carbocycles. The fourth-order valence-corrected chi connectivity index (χ4v) is 2.15. The van der Waals surface area contributed by atoms with E-state index < -0.39 is 5.66 Å². The topological polar surface area (TPSA) is 49.3 Å². The first-order valence-corrected chi connectivity index (χ1v) is 6.29. The van der Waals surface area contributed by atoms with Crippen LogP contribution in [0.5, 0.6) is 0 Å². The summed E-state index contributed by atoms with van der Waals surface area (Å²) in [4.78, 5) is 9.08. The van der Waals surface area contributed by atoms with Crippen LogP contribution >= 0.6 is 0 Å². The molecule has 96 valence electrons. The number of amidine groups is 1. The van der Waals surface area contributed by atoms with Crippen LogP contribution < -0.4 is 10.9 Å². The maximum atomic E-state index is 4.73. The molecule has 1 aliphatic heterocycles. The van der Waals surface area contributed by atoms with Crippen molar-refractivity contribution >= 4 is 5.84 Å². The van der Waals surface area contributed by atoms with E-state index in [0.29, 0.717) is 0 Å². The van der Waals surface area contributed by atoms with E-state index in [9.17, 15) is 0 Å². The molecule has 0 amide bonds. The summed E-state index contributed by atoms with van der Waals surface area (Å²) in [7, 11) is 0. The molecule has 2 heterocycles. The van der Waals surface area contributed by atoms with Crippen molar-refractivity contribution in [2.24, 2.45) is 4.99 Å². The molecule has 4 heteroatoms. The molecule has 0 aliphatic carbocycles. The Morgan fingerprint density at radius 3 is 2.63 bits per heavy atom. The number of hydrogen-bond donors (Lipinski definition) is 2. The first-order chi connectivity index (χ1) is 9.17. The van der Waals surface area contributed by atoms with Crippen molar-refractivity contribution in [3.05, 3.63) is 65.5 Å². The predicted molar refractivity (Wildman–Crippen MR) is 75.6 cm³/mol. The zero-order valence-electron chi connectivity index (χ0n) is 11.0. The second kappa shape index (κ2) is 4.48. The van der Waals surface area contributed by atoms with Gasteiger partial charge in [-0.05, 0) is 37.1 Å². The van der Waals surface area contributed by atoms with Gasteiger partial charge in [0.1, 0.15) is 5.69 Å². The first-order valence-electron chi connectivity index (χ1n) is 6.29. The van der Waals surface area contributed by atoms with E-state index >= 15 is 0 Å². The van der Waals surface area contributed by atoms with Gasteiger partial charge in [0.2, 0.25) is 0 Å². The number of hydrazine groups is 1. The molecule has 0 bridgehead atoms. The number of rotatable bonds is 2. The van der Waals surface area contributed by atoms with Crippen LogP contribution in [0.2, 0.25) is 0 Å². The SMILES string of the molecule is Cc1ccnc(C2=NC(C)(c3ccccc3)NN2)c1. The summed E-state index contributed by atoms with van der Waals surface area (Å²) in [6.45, 7) is 4.09. The highest BCUT2D eigenvalue weighted by Crippen LogP contribution is 2.25. The van der Waals surface area contributed by atoms with Crippen LogP contribution in [-0.2, 0) is 5.66 Å². The quantitative estimate of drug-likeness (QED) is 0.860. The van der Waals surface area contributed by atoms with E-state index in [1.54, 1.807) is 6.20 Å². The number of aliphatic imine (C=N–C) groups is 1. The monoisotopic (exact) mass is 252 g/mol. The zero-order valence-corrected chi connectivity index (χ0v) is 11.0. The van der Waals surface area contributed by atoms with Crippen LogP contribution in [-0.4, -0.2) is 10.8 Å². The first kappa shape index (κ1) is 11.9. The largest absolute Gasteiger partial charge is 0.302 e. The van der Waals surface area contributed by atoms with E-state index in [4.69, 9.17) is 4.99 Å². The lowest BCUT2D eigenvalue weighted by atomic mass is 10.0. The highest BCUT2D eigenvalue weighted by atomic mass is 15.5. The zero-order chi connectivity index (χ0) is 13.3. The van der Waals surface area contributed by atoms with Gasteiger partial charge < -0.3 is 5.43 Å². The van der Waals surface area contributed by atoms with Gasteiger partial charge in [0, 0.05) is 6.20 Å². The van der Waals surface area contributed by atoms with Gasteiger partial charge in [-0.25, -0.2) is 10.4 Å². The number of aromatic nitrogens is 1. The van der Waals surface area contributed by atoms with E-state index in [1.807, 2.05) is 44.2 Å². The number of aryl methyl sites for hydroxylation is 1. The molecule has 1 aliphatic rings. The third-order valence-electron chi connectivity index (χ3n) is 3.25. The number of nitrogens with zero attached hydrogens (tertiary/aromatic N) is 2. The summed E-state index contributed by atoms with van der Waals surface area (Å²) in [5.41, 5.74) is 9.03. The Balaban J connectivity index is 1.97. The average molecular weight is 252 g/mol. The van der Waals surface area contributed by atoms with Crippen LogP contribution in [0.4, 0.5) is 0 Å². The van der Waals surface area contributed by atoms with Crippen LogP contribution in [0, 0.1) is 6.92 Å². The van der Waals surface area contributed by atoms with Gasteiger partial charge in [0.05, 0.1) is 0 Å². The molecule has 2 N–H and O–H groups in total. The molecule has 0 radical (unpaired) electrons. The second-order valence-corrected chi connectivity index (χ2v) is 4.87. The molecule has 0 spiro atoms. The number of benzene rings is 1. The third kappa shape index (κ3) is 2.22. The second-order valence-electron chi connectivity index (χ2n) is 4.87. The fraction of sp³-hybridized carbons (Fsp3) is 0.200. The van der Waals surface area contributed by atoms with Crippen molar-refractivity contribution in [2.45, 2.75) is 19.5 Å². The number of hydrogen-bond acceptors (Lipinski definition) is 4. The molecule has 3 rings (SSSR count). The summed E-state index contributed by atoms with van der Waals surface area (Å²) in [6.07, 6.45) is 1.80. The van der Waals surface area contributed by atoms with Crippen LogP contribution in [0.3, 0.4) is 0 Å². The molecular formula is C15H16N4. The molecule has 0 fully saturated rings. The van der Waals surface area contributed by atoms with Crippen molar-refractivity contribution < 1.29 is 0 Å². The highest BCUT2D eigenvalue weighted by Gasteiger charge is 2.31. The molecule has 0 saturated heterocycles. The van der Waals surface area contributed by atoms with Crippen LogP contribution in [0.1, 0.15) is 23.7 Å². The van der Waals surface area contributed by atoms with Gasteiger partial charge in [-0.3, -0.25) is 4.98 Å². The summed E-state index contributed by atoms with van der Waals surface area (Å²) < 4.78 is 0. The predicted octanol–water partition coefficient (Wildman–Crippen LogP) is 2.12. The Labute approximate surface area is 112 Å². The Morgan fingerprint density at radius 1 is 1.11 bits per heavy atom. The van der Waals surface area contributed by atoms with Gasteiger partial charge in [0.15, 0.2) is 11.5 Å². The summed E-state index contributed by atoms with van der Waals surface area (Å²) in [6, 6.07) is 14.1. The Kier molecular flexibility index (Phi) is 2.80. The molecule has 4 nitrogen and oxygen atoms in total. The molecule has 2 aromatic rings. The maximum absolute atomic E-state index is 4.73. The van der Waals surface area contributed by atoms with Crippen molar-refractivity contribution in [3.8, 4) is 0 Å².